The highest BCUT2D eigenvalue weighted by molar-refractivity contribution is 7.98. The molecule has 0 radical (unpaired) electrons. The van der Waals surface area contributed by atoms with Gasteiger partial charge < -0.3 is 9.64 Å². The number of piperidine rings is 1. The van der Waals surface area contributed by atoms with Gasteiger partial charge in [0.2, 0.25) is 0 Å². The summed E-state index contributed by atoms with van der Waals surface area (Å²) in [6.07, 6.45) is 4.28. The lowest BCUT2D eigenvalue weighted by Crippen LogP contribution is -2.42. The zero-order valence-electron chi connectivity index (χ0n) is 14.2. The maximum Gasteiger partial charge on any atom is 0.253 e. The molecule has 1 aliphatic heterocycles. The number of nitrogens with zero attached hydrogens (tertiary/aromatic N) is 1. The van der Waals surface area contributed by atoms with Gasteiger partial charge in [0.1, 0.15) is 0 Å². The van der Waals surface area contributed by atoms with Crippen molar-refractivity contribution >= 4 is 17.7 Å². The molecule has 0 spiro atoms. The normalized spacial score (nSPS) is 17.8. The van der Waals surface area contributed by atoms with Crippen LogP contribution in [0.25, 0.3) is 11.1 Å². The van der Waals surface area contributed by atoms with Gasteiger partial charge in [-0.25, -0.2) is 0 Å². The van der Waals surface area contributed by atoms with E-state index in [2.05, 4.69) is 24.5 Å². The summed E-state index contributed by atoms with van der Waals surface area (Å²) in [5, 5.41) is 0. The predicted octanol–water partition coefficient (Wildman–Crippen LogP) is 4.33. The molecular formula is C20H23NO2S. The highest BCUT2D eigenvalue weighted by Crippen LogP contribution is 2.30. The minimum Gasteiger partial charge on any atom is -0.380 e. The van der Waals surface area contributed by atoms with E-state index < -0.39 is 0 Å². The number of amides is 1. The standard InChI is InChI=1S/C20H23NO2S/c1-23-17-6-5-13-21(14-17)20(22)16-11-9-15(10-12-16)18-7-3-4-8-19(18)24-2/h3-4,7-12,17H,5-6,13-14H2,1-2H3/t17-/m1/s1. The van der Waals surface area contributed by atoms with Crippen molar-refractivity contribution in [1.82, 2.24) is 4.90 Å². The number of carbonyl (C=O) groups is 1. The zero-order chi connectivity index (χ0) is 16.9. The van der Waals surface area contributed by atoms with Crippen LogP contribution in [0.2, 0.25) is 0 Å². The third-order valence-electron chi connectivity index (χ3n) is 4.55. The van der Waals surface area contributed by atoms with Crippen molar-refractivity contribution in [2.75, 3.05) is 26.5 Å². The van der Waals surface area contributed by atoms with Gasteiger partial charge in [0.05, 0.1) is 6.10 Å². The summed E-state index contributed by atoms with van der Waals surface area (Å²) >= 11 is 1.74. The number of benzene rings is 2. The third-order valence-corrected chi connectivity index (χ3v) is 5.34. The molecule has 1 heterocycles. The van der Waals surface area contributed by atoms with E-state index in [9.17, 15) is 4.79 Å². The van der Waals surface area contributed by atoms with E-state index in [-0.39, 0.29) is 12.0 Å². The van der Waals surface area contributed by atoms with Crippen LogP contribution in [0.5, 0.6) is 0 Å². The Morgan fingerprint density at radius 1 is 1.17 bits per heavy atom. The first-order valence-corrected chi connectivity index (χ1v) is 9.51. The number of methoxy groups -OCH3 is 1. The van der Waals surface area contributed by atoms with E-state index in [1.807, 2.05) is 35.2 Å². The first-order chi connectivity index (χ1) is 11.7. The number of thioether (sulfide) groups is 1. The van der Waals surface area contributed by atoms with Crippen molar-refractivity contribution in [1.29, 1.82) is 0 Å². The largest absolute Gasteiger partial charge is 0.380 e. The van der Waals surface area contributed by atoms with Gasteiger partial charge in [-0.05, 0) is 48.4 Å². The smallest absolute Gasteiger partial charge is 0.253 e. The molecule has 3 nitrogen and oxygen atoms in total. The van der Waals surface area contributed by atoms with Crippen molar-refractivity contribution in [3.05, 3.63) is 54.1 Å². The van der Waals surface area contributed by atoms with Crippen molar-refractivity contribution in [3.63, 3.8) is 0 Å². The van der Waals surface area contributed by atoms with E-state index in [1.165, 1.54) is 10.5 Å². The second-order valence-electron chi connectivity index (χ2n) is 6.03. The highest BCUT2D eigenvalue weighted by Gasteiger charge is 2.24. The molecule has 24 heavy (non-hydrogen) atoms. The van der Waals surface area contributed by atoms with Gasteiger partial charge in [0, 0.05) is 30.7 Å². The lowest BCUT2D eigenvalue weighted by molar-refractivity contribution is 0.0269. The first-order valence-electron chi connectivity index (χ1n) is 8.28. The Balaban J connectivity index is 1.78. The molecule has 1 amide bonds. The number of hydrogen-bond donors (Lipinski definition) is 0. The molecule has 0 aromatic heterocycles. The summed E-state index contributed by atoms with van der Waals surface area (Å²) < 4.78 is 5.41. The Morgan fingerprint density at radius 3 is 2.62 bits per heavy atom. The zero-order valence-corrected chi connectivity index (χ0v) is 15.0. The SMILES string of the molecule is CO[C@@H]1CCCN(C(=O)c2ccc(-c3ccccc3SC)cc2)C1. The second kappa shape index (κ2) is 7.86. The topological polar surface area (TPSA) is 29.5 Å². The average Bonchev–Trinajstić information content (AvgIpc) is 2.67. The lowest BCUT2D eigenvalue weighted by atomic mass is 10.0. The predicted molar refractivity (Wildman–Crippen MR) is 99.6 cm³/mol. The molecule has 1 aliphatic rings. The van der Waals surface area contributed by atoms with Gasteiger partial charge in [-0.1, -0.05) is 30.3 Å². The van der Waals surface area contributed by atoms with Gasteiger partial charge in [-0.2, -0.15) is 0 Å². The van der Waals surface area contributed by atoms with Crippen LogP contribution in [0.15, 0.2) is 53.4 Å². The summed E-state index contributed by atoms with van der Waals surface area (Å²) in [7, 11) is 1.72. The van der Waals surface area contributed by atoms with Crippen LogP contribution in [-0.4, -0.2) is 43.4 Å². The molecule has 2 aromatic rings. The van der Waals surface area contributed by atoms with Crippen molar-refractivity contribution < 1.29 is 9.53 Å². The average molecular weight is 341 g/mol. The van der Waals surface area contributed by atoms with E-state index in [4.69, 9.17) is 4.74 Å². The number of carbonyl (C=O) groups excluding carboxylic acids is 1. The molecule has 0 N–H and O–H groups in total. The van der Waals surface area contributed by atoms with Crippen LogP contribution in [0.3, 0.4) is 0 Å². The van der Waals surface area contributed by atoms with Crippen LogP contribution in [-0.2, 0) is 4.74 Å². The Hall–Kier alpha value is -1.78. The van der Waals surface area contributed by atoms with Gasteiger partial charge >= 0.3 is 0 Å². The number of likely N-dealkylation sites (tertiary alicyclic amines) is 1. The summed E-state index contributed by atoms with van der Waals surface area (Å²) in [5.74, 6) is 0.0986. The quantitative estimate of drug-likeness (QED) is 0.776. The maximum absolute atomic E-state index is 12.7. The Labute approximate surface area is 148 Å². The lowest BCUT2D eigenvalue weighted by Gasteiger charge is -2.32. The van der Waals surface area contributed by atoms with Crippen LogP contribution in [0, 0.1) is 0 Å². The van der Waals surface area contributed by atoms with Gasteiger partial charge in [-0.15, -0.1) is 11.8 Å². The van der Waals surface area contributed by atoms with E-state index in [1.54, 1.807) is 18.9 Å². The Morgan fingerprint density at radius 2 is 1.92 bits per heavy atom. The van der Waals surface area contributed by atoms with E-state index in [0.717, 1.165) is 30.5 Å². The van der Waals surface area contributed by atoms with E-state index >= 15 is 0 Å². The first kappa shape index (κ1) is 17.1. The molecule has 0 aliphatic carbocycles. The molecule has 0 bridgehead atoms. The Kier molecular flexibility index (Phi) is 5.59. The summed E-state index contributed by atoms with van der Waals surface area (Å²) in [5.41, 5.74) is 3.10. The van der Waals surface area contributed by atoms with Gasteiger partial charge in [0.15, 0.2) is 0 Å². The summed E-state index contributed by atoms with van der Waals surface area (Å²) in [6.45, 7) is 1.50. The fourth-order valence-electron chi connectivity index (χ4n) is 3.17. The fraction of sp³-hybridized carbons (Fsp3) is 0.350. The molecule has 126 valence electrons. The molecule has 3 rings (SSSR count). The van der Waals surface area contributed by atoms with Crippen molar-refractivity contribution in [2.45, 2.75) is 23.8 Å². The number of ether oxygens (including phenoxy) is 1. The molecule has 4 heteroatoms. The molecule has 1 saturated heterocycles. The Bertz CT molecular complexity index is 699. The fourth-order valence-corrected chi connectivity index (χ4v) is 3.79. The molecule has 0 unspecified atom stereocenters. The van der Waals surface area contributed by atoms with E-state index in [0.29, 0.717) is 6.54 Å². The van der Waals surface area contributed by atoms with Crippen LogP contribution in [0.4, 0.5) is 0 Å². The van der Waals surface area contributed by atoms with Gasteiger partial charge in [0.25, 0.3) is 5.91 Å². The van der Waals surface area contributed by atoms with Crippen molar-refractivity contribution in [2.24, 2.45) is 0 Å². The molecule has 1 fully saturated rings. The molecule has 2 aromatic carbocycles. The molecule has 0 saturated carbocycles. The minimum atomic E-state index is 0.0986. The monoisotopic (exact) mass is 341 g/mol. The minimum absolute atomic E-state index is 0.0986. The van der Waals surface area contributed by atoms with Crippen LogP contribution < -0.4 is 0 Å². The number of rotatable bonds is 4. The summed E-state index contributed by atoms with van der Waals surface area (Å²) in [6, 6.07) is 16.3. The van der Waals surface area contributed by atoms with Gasteiger partial charge in [-0.3, -0.25) is 4.79 Å². The molecular weight excluding hydrogens is 318 g/mol. The summed E-state index contributed by atoms with van der Waals surface area (Å²) in [4.78, 5) is 15.8. The highest BCUT2D eigenvalue weighted by atomic mass is 32.2. The third kappa shape index (κ3) is 3.65. The van der Waals surface area contributed by atoms with Crippen LogP contribution in [0.1, 0.15) is 23.2 Å². The number of hydrogen-bond acceptors (Lipinski definition) is 3. The second-order valence-corrected chi connectivity index (χ2v) is 6.88. The van der Waals surface area contributed by atoms with Crippen LogP contribution >= 0.6 is 11.8 Å². The van der Waals surface area contributed by atoms with Crippen molar-refractivity contribution in [3.8, 4) is 11.1 Å². The maximum atomic E-state index is 12.7. The molecule has 1 atom stereocenters.